The summed E-state index contributed by atoms with van der Waals surface area (Å²) in [5.74, 6) is 0.0672. The van der Waals surface area contributed by atoms with E-state index < -0.39 is 6.04 Å². The third-order valence-corrected chi connectivity index (χ3v) is 4.95. The highest BCUT2D eigenvalue weighted by Gasteiger charge is 2.38. The van der Waals surface area contributed by atoms with Gasteiger partial charge in [-0.1, -0.05) is 43.7 Å². The van der Waals surface area contributed by atoms with E-state index in [1.807, 2.05) is 36.1 Å². The number of carbonyl (C=O) groups excluding carboxylic acids is 1. The van der Waals surface area contributed by atoms with Crippen molar-refractivity contribution >= 4 is 18.3 Å². The van der Waals surface area contributed by atoms with Crippen LogP contribution in [-0.2, 0) is 4.79 Å². The molecule has 0 saturated carbocycles. The van der Waals surface area contributed by atoms with Gasteiger partial charge < -0.3 is 10.6 Å². The molecule has 2 N–H and O–H groups in total. The van der Waals surface area contributed by atoms with E-state index in [1.54, 1.807) is 0 Å². The lowest BCUT2D eigenvalue weighted by molar-refractivity contribution is -0.132. The molecule has 1 aliphatic rings. The van der Waals surface area contributed by atoms with Crippen LogP contribution in [0.2, 0.25) is 0 Å². The largest absolute Gasteiger partial charge is 0.340 e. The standard InChI is InChI=1S/C17H26N2O.ClH/c1-4-17(5-2)10-11-19(12-17)16(20)15(18)14-8-6-13(3)7-9-14;/h6-9,15H,4-5,10-12,18H2,1-3H3;1H. The average Bonchev–Trinajstić information content (AvgIpc) is 2.92. The van der Waals surface area contributed by atoms with Gasteiger partial charge in [-0.3, -0.25) is 4.79 Å². The number of nitrogens with zero attached hydrogens (tertiary/aromatic N) is 1. The number of halogens is 1. The molecule has 1 amide bonds. The van der Waals surface area contributed by atoms with Crippen molar-refractivity contribution < 1.29 is 4.79 Å². The van der Waals surface area contributed by atoms with E-state index in [0.29, 0.717) is 5.41 Å². The Bertz CT molecular complexity index is 468. The molecule has 1 heterocycles. The molecule has 1 aromatic rings. The lowest BCUT2D eigenvalue weighted by Gasteiger charge is -2.27. The Morgan fingerprint density at radius 1 is 1.29 bits per heavy atom. The van der Waals surface area contributed by atoms with Crippen LogP contribution in [-0.4, -0.2) is 23.9 Å². The predicted octanol–water partition coefficient (Wildman–Crippen LogP) is 3.46. The second kappa shape index (κ2) is 7.28. The highest BCUT2D eigenvalue weighted by atomic mass is 35.5. The number of hydrogen-bond donors (Lipinski definition) is 1. The van der Waals surface area contributed by atoms with E-state index in [0.717, 1.165) is 37.9 Å². The Kier molecular flexibility index (Phi) is 6.24. The highest BCUT2D eigenvalue weighted by Crippen LogP contribution is 2.37. The maximum absolute atomic E-state index is 12.6. The summed E-state index contributed by atoms with van der Waals surface area (Å²) in [4.78, 5) is 14.5. The molecule has 1 fully saturated rings. The van der Waals surface area contributed by atoms with Gasteiger partial charge in [-0.05, 0) is 37.2 Å². The van der Waals surface area contributed by atoms with Gasteiger partial charge in [-0.2, -0.15) is 0 Å². The van der Waals surface area contributed by atoms with Crippen LogP contribution in [0.4, 0.5) is 0 Å². The zero-order valence-corrected chi connectivity index (χ0v) is 14.1. The van der Waals surface area contributed by atoms with Crippen molar-refractivity contribution in [3.63, 3.8) is 0 Å². The molecule has 2 rings (SSSR count). The zero-order valence-electron chi connectivity index (χ0n) is 13.3. The Morgan fingerprint density at radius 3 is 2.33 bits per heavy atom. The summed E-state index contributed by atoms with van der Waals surface area (Å²) in [6.07, 6.45) is 3.37. The van der Waals surface area contributed by atoms with Crippen molar-refractivity contribution in [2.24, 2.45) is 11.1 Å². The van der Waals surface area contributed by atoms with E-state index >= 15 is 0 Å². The van der Waals surface area contributed by atoms with E-state index in [1.165, 1.54) is 5.56 Å². The molecule has 0 spiro atoms. The minimum absolute atomic E-state index is 0. The number of nitrogens with two attached hydrogens (primary N) is 1. The van der Waals surface area contributed by atoms with Crippen LogP contribution in [0.15, 0.2) is 24.3 Å². The highest BCUT2D eigenvalue weighted by molar-refractivity contribution is 5.85. The molecule has 1 saturated heterocycles. The lowest BCUT2D eigenvalue weighted by atomic mass is 9.82. The van der Waals surface area contributed by atoms with Gasteiger partial charge in [0.25, 0.3) is 0 Å². The topological polar surface area (TPSA) is 46.3 Å². The van der Waals surface area contributed by atoms with Gasteiger partial charge in [-0.15, -0.1) is 12.4 Å². The second-order valence-corrected chi connectivity index (χ2v) is 6.11. The molecule has 0 aromatic heterocycles. The van der Waals surface area contributed by atoms with Crippen LogP contribution >= 0.6 is 12.4 Å². The quantitative estimate of drug-likeness (QED) is 0.925. The Labute approximate surface area is 134 Å². The zero-order chi connectivity index (χ0) is 14.8. The lowest BCUT2D eigenvalue weighted by Crippen LogP contribution is -2.38. The number of likely N-dealkylation sites (tertiary alicyclic amines) is 1. The molecule has 0 bridgehead atoms. The smallest absolute Gasteiger partial charge is 0.244 e. The Hall–Kier alpha value is -1.06. The molecule has 0 radical (unpaired) electrons. The monoisotopic (exact) mass is 310 g/mol. The molecule has 1 atom stereocenters. The predicted molar refractivity (Wildman–Crippen MR) is 89.6 cm³/mol. The first-order chi connectivity index (χ1) is 9.51. The maximum atomic E-state index is 12.6. The number of hydrogen-bond acceptors (Lipinski definition) is 2. The van der Waals surface area contributed by atoms with E-state index in [9.17, 15) is 4.79 Å². The van der Waals surface area contributed by atoms with Crippen LogP contribution in [0.5, 0.6) is 0 Å². The molecular weight excluding hydrogens is 284 g/mol. The molecule has 1 aromatic carbocycles. The number of benzene rings is 1. The summed E-state index contributed by atoms with van der Waals surface area (Å²) in [6.45, 7) is 8.18. The van der Waals surface area contributed by atoms with Gasteiger partial charge in [0, 0.05) is 13.1 Å². The van der Waals surface area contributed by atoms with Crippen molar-refractivity contribution in [3.05, 3.63) is 35.4 Å². The van der Waals surface area contributed by atoms with Crippen LogP contribution in [0.25, 0.3) is 0 Å². The van der Waals surface area contributed by atoms with Crippen molar-refractivity contribution in [1.82, 2.24) is 4.90 Å². The molecule has 0 aliphatic carbocycles. The third-order valence-electron chi connectivity index (χ3n) is 4.95. The van der Waals surface area contributed by atoms with Gasteiger partial charge in [0.1, 0.15) is 6.04 Å². The van der Waals surface area contributed by atoms with Gasteiger partial charge in [0.15, 0.2) is 0 Å². The van der Waals surface area contributed by atoms with Crippen LogP contribution in [0.1, 0.15) is 50.3 Å². The first-order valence-corrected chi connectivity index (χ1v) is 7.62. The molecule has 4 heteroatoms. The summed E-state index contributed by atoms with van der Waals surface area (Å²) >= 11 is 0. The SMILES string of the molecule is CCC1(CC)CCN(C(=O)C(N)c2ccc(C)cc2)C1.Cl. The van der Waals surface area contributed by atoms with Crippen molar-refractivity contribution in [2.45, 2.75) is 46.1 Å². The summed E-state index contributed by atoms with van der Waals surface area (Å²) < 4.78 is 0. The normalized spacial score (nSPS) is 18.2. The van der Waals surface area contributed by atoms with Gasteiger partial charge in [0.2, 0.25) is 5.91 Å². The number of carbonyl (C=O) groups is 1. The van der Waals surface area contributed by atoms with Crippen molar-refractivity contribution in [2.75, 3.05) is 13.1 Å². The average molecular weight is 311 g/mol. The Balaban J connectivity index is 0.00000220. The summed E-state index contributed by atoms with van der Waals surface area (Å²) in [7, 11) is 0. The van der Waals surface area contributed by atoms with Crippen LogP contribution in [0.3, 0.4) is 0 Å². The maximum Gasteiger partial charge on any atom is 0.244 e. The number of aryl methyl sites for hydroxylation is 1. The third kappa shape index (κ3) is 3.78. The molecule has 1 unspecified atom stereocenters. The fourth-order valence-corrected chi connectivity index (χ4v) is 3.06. The Morgan fingerprint density at radius 2 is 1.86 bits per heavy atom. The van der Waals surface area contributed by atoms with Crippen molar-refractivity contribution in [3.8, 4) is 0 Å². The minimum atomic E-state index is -0.528. The van der Waals surface area contributed by atoms with Gasteiger partial charge >= 0.3 is 0 Å². The fourth-order valence-electron chi connectivity index (χ4n) is 3.06. The van der Waals surface area contributed by atoms with Gasteiger partial charge in [-0.25, -0.2) is 0 Å². The molecule has 21 heavy (non-hydrogen) atoms. The second-order valence-electron chi connectivity index (χ2n) is 6.11. The van der Waals surface area contributed by atoms with E-state index in [-0.39, 0.29) is 18.3 Å². The van der Waals surface area contributed by atoms with E-state index in [4.69, 9.17) is 5.73 Å². The van der Waals surface area contributed by atoms with Gasteiger partial charge in [0.05, 0.1) is 0 Å². The van der Waals surface area contributed by atoms with E-state index in [2.05, 4.69) is 13.8 Å². The first-order valence-electron chi connectivity index (χ1n) is 7.62. The minimum Gasteiger partial charge on any atom is -0.340 e. The first kappa shape index (κ1) is 18.0. The number of rotatable bonds is 4. The number of amides is 1. The summed E-state index contributed by atoms with van der Waals surface area (Å²) in [5.41, 5.74) is 8.55. The summed E-state index contributed by atoms with van der Waals surface area (Å²) in [5, 5.41) is 0. The molecule has 1 aliphatic heterocycles. The fraction of sp³-hybridized carbons (Fsp3) is 0.588. The molecular formula is C17H27ClN2O. The summed E-state index contributed by atoms with van der Waals surface area (Å²) in [6, 6.07) is 7.41. The van der Waals surface area contributed by atoms with Crippen molar-refractivity contribution in [1.29, 1.82) is 0 Å². The van der Waals surface area contributed by atoms with Crippen LogP contribution in [0, 0.1) is 12.3 Å². The molecule has 3 nitrogen and oxygen atoms in total. The molecule has 118 valence electrons. The van der Waals surface area contributed by atoms with Crippen LogP contribution < -0.4 is 5.73 Å².